The molecule has 1 aromatic rings. The van der Waals surface area contributed by atoms with Crippen LogP contribution in [0.4, 0.5) is 5.69 Å². The molecule has 0 bridgehead atoms. The van der Waals surface area contributed by atoms with E-state index in [4.69, 9.17) is 0 Å². The van der Waals surface area contributed by atoms with Crippen LogP contribution in [-0.2, 0) is 4.79 Å². The number of anilines is 1. The van der Waals surface area contributed by atoms with Gasteiger partial charge in [-0.2, -0.15) is 0 Å². The van der Waals surface area contributed by atoms with Crippen molar-refractivity contribution in [1.82, 2.24) is 5.32 Å². The van der Waals surface area contributed by atoms with Gasteiger partial charge >= 0.3 is 0 Å². The smallest absolute Gasteiger partial charge is 0.221 e. The van der Waals surface area contributed by atoms with E-state index in [1.165, 1.54) is 12.5 Å². The number of hydrogen-bond acceptors (Lipinski definition) is 2. The van der Waals surface area contributed by atoms with E-state index in [9.17, 15) is 4.79 Å². The second-order valence-corrected chi connectivity index (χ2v) is 4.83. The number of amides is 1. The van der Waals surface area contributed by atoms with Crippen molar-refractivity contribution in [3.05, 3.63) is 29.8 Å². The second-order valence-electron chi connectivity index (χ2n) is 4.83. The minimum absolute atomic E-state index is 0.0371. The summed E-state index contributed by atoms with van der Waals surface area (Å²) in [5, 5.41) is 6.26. The molecule has 0 fully saturated rings. The van der Waals surface area contributed by atoms with Crippen LogP contribution in [0.1, 0.15) is 39.3 Å². The molecule has 0 aliphatic carbocycles. The van der Waals surface area contributed by atoms with Crippen molar-refractivity contribution in [2.75, 3.05) is 11.9 Å². The maximum Gasteiger partial charge on any atom is 0.221 e. The van der Waals surface area contributed by atoms with Gasteiger partial charge in [-0.15, -0.1) is 0 Å². The molecule has 1 aromatic carbocycles. The molecule has 0 aliphatic heterocycles. The quantitative estimate of drug-likeness (QED) is 0.822. The summed E-state index contributed by atoms with van der Waals surface area (Å²) in [4.78, 5) is 11.0. The van der Waals surface area contributed by atoms with Gasteiger partial charge in [0, 0.05) is 18.7 Å². The predicted octanol–water partition coefficient (Wildman–Crippen LogP) is 2.95. The molecule has 94 valence electrons. The van der Waals surface area contributed by atoms with E-state index in [1.807, 2.05) is 18.2 Å². The average molecular weight is 234 g/mol. The highest BCUT2D eigenvalue weighted by Gasteiger charge is 2.06. The Kier molecular flexibility index (Phi) is 5.16. The van der Waals surface area contributed by atoms with E-state index in [-0.39, 0.29) is 5.91 Å². The van der Waals surface area contributed by atoms with E-state index in [1.54, 1.807) is 0 Å². The number of carbonyl (C=O) groups is 1. The van der Waals surface area contributed by atoms with E-state index in [0.717, 1.165) is 12.2 Å². The fraction of sp³-hybridized carbons (Fsp3) is 0.500. The molecule has 1 amide bonds. The molecule has 3 nitrogen and oxygen atoms in total. The predicted molar refractivity (Wildman–Crippen MR) is 72.0 cm³/mol. The lowest BCUT2D eigenvalue weighted by Gasteiger charge is -2.16. The van der Waals surface area contributed by atoms with Crippen LogP contribution < -0.4 is 10.6 Å². The number of hydrogen-bond donors (Lipinski definition) is 2. The first kappa shape index (κ1) is 13.7. The lowest BCUT2D eigenvalue weighted by Crippen LogP contribution is -2.23. The third kappa shape index (κ3) is 5.00. The van der Waals surface area contributed by atoms with Crippen molar-refractivity contribution in [2.45, 2.75) is 33.7 Å². The Balaban J connectivity index is 2.66. The first-order valence-corrected chi connectivity index (χ1v) is 6.10. The summed E-state index contributed by atoms with van der Waals surface area (Å²) in [7, 11) is 0. The Morgan fingerprint density at radius 2 is 2.00 bits per heavy atom. The Morgan fingerprint density at radius 1 is 1.29 bits per heavy atom. The molecule has 0 saturated heterocycles. The molecule has 1 rings (SSSR count). The highest BCUT2D eigenvalue weighted by molar-refractivity contribution is 5.88. The largest absolute Gasteiger partial charge is 0.326 e. The topological polar surface area (TPSA) is 41.1 Å². The number of nitrogens with one attached hydrogen (secondary N) is 2. The molecule has 1 unspecified atom stereocenters. The van der Waals surface area contributed by atoms with Crippen molar-refractivity contribution >= 4 is 11.6 Å². The first-order chi connectivity index (χ1) is 7.99. The zero-order valence-electron chi connectivity index (χ0n) is 11.1. The summed E-state index contributed by atoms with van der Waals surface area (Å²) < 4.78 is 0. The van der Waals surface area contributed by atoms with Crippen LogP contribution in [0.25, 0.3) is 0 Å². The third-order valence-electron chi connectivity index (χ3n) is 2.54. The molecule has 0 spiro atoms. The number of benzene rings is 1. The van der Waals surface area contributed by atoms with Crippen molar-refractivity contribution in [3.63, 3.8) is 0 Å². The van der Waals surface area contributed by atoms with Gasteiger partial charge in [-0.1, -0.05) is 26.0 Å². The van der Waals surface area contributed by atoms with Crippen LogP contribution in [0.5, 0.6) is 0 Å². The normalized spacial score (nSPS) is 12.5. The minimum atomic E-state index is -0.0371. The minimum Gasteiger partial charge on any atom is -0.326 e. The Bertz CT molecular complexity index is 374. The number of carbonyl (C=O) groups excluding carboxylic acids is 1. The molecule has 2 N–H and O–H groups in total. The van der Waals surface area contributed by atoms with Crippen molar-refractivity contribution < 1.29 is 4.79 Å². The Morgan fingerprint density at radius 3 is 2.59 bits per heavy atom. The van der Waals surface area contributed by atoms with Gasteiger partial charge in [0.2, 0.25) is 5.91 Å². The van der Waals surface area contributed by atoms with Crippen LogP contribution in [0.15, 0.2) is 24.3 Å². The van der Waals surface area contributed by atoms with Gasteiger partial charge in [-0.05, 0) is 37.1 Å². The summed E-state index contributed by atoms with van der Waals surface area (Å²) in [6.45, 7) is 9.02. The summed E-state index contributed by atoms with van der Waals surface area (Å²) in [5.41, 5.74) is 2.05. The molecule has 0 aromatic heterocycles. The van der Waals surface area contributed by atoms with Crippen LogP contribution >= 0.6 is 0 Å². The SMILES string of the molecule is CC(=O)Nc1cccc(C(C)NCC(C)C)c1. The van der Waals surface area contributed by atoms with Crippen LogP contribution in [-0.4, -0.2) is 12.5 Å². The zero-order valence-corrected chi connectivity index (χ0v) is 11.1. The fourth-order valence-electron chi connectivity index (χ4n) is 1.62. The van der Waals surface area contributed by atoms with E-state index in [0.29, 0.717) is 12.0 Å². The van der Waals surface area contributed by atoms with Gasteiger partial charge in [0.05, 0.1) is 0 Å². The van der Waals surface area contributed by atoms with Crippen LogP contribution in [0.3, 0.4) is 0 Å². The van der Waals surface area contributed by atoms with E-state index >= 15 is 0 Å². The average Bonchev–Trinajstić information content (AvgIpc) is 2.25. The molecular formula is C14H22N2O. The summed E-state index contributed by atoms with van der Waals surface area (Å²) in [6, 6.07) is 8.25. The first-order valence-electron chi connectivity index (χ1n) is 6.10. The van der Waals surface area contributed by atoms with Gasteiger partial charge < -0.3 is 10.6 Å². The highest BCUT2D eigenvalue weighted by Crippen LogP contribution is 2.17. The van der Waals surface area contributed by atoms with Gasteiger partial charge in [-0.25, -0.2) is 0 Å². The van der Waals surface area contributed by atoms with E-state index < -0.39 is 0 Å². The molecule has 0 radical (unpaired) electrons. The molecule has 17 heavy (non-hydrogen) atoms. The monoisotopic (exact) mass is 234 g/mol. The standard InChI is InChI=1S/C14H22N2O/c1-10(2)9-15-11(3)13-6-5-7-14(8-13)16-12(4)17/h5-8,10-11,15H,9H2,1-4H3,(H,16,17). The highest BCUT2D eigenvalue weighted by atomic mass is 16.1. The third-order valence-corrected chi connectivity index (χ3v) is 2.54. The molecule has 1 atom stereocenters. The molecule has 0 saturated carbocycles. The van der Waals surface area contributed by atoms with Gasteiger partial charge in [0.1, 0.15) is 0 Å². The summed E-state index contributed by atoms with van der Waals surface area (Å²) in [6.07, 6.45) is 0. The van der Waals surface area contributed by atoms with Crippen LogP contribution in [0.2, 0.25) is 0 Å². The van der Waals surface area contributed by atoms with Gasteiger partial charge in [-0.3, -0.25) is 4.79 Å². The van der Waals surface area contributed by atoms with Crippen molar-refractivity contribution in [2.24, 2.45) is 5.92 Å². The second kappa shape index (κ2) is 6.40. The molecular weight excluding hydrogens is 212 g/mol. The van der Waals surface area contributed by atoms with E-state index in [2.05, 4.69) is 37.5 Å². The van der Waals surface area contributed by atoms with Crippen LogP contribution in [0, 0.1) is 5.92 Å². The lowest BCUT2D eigenvalue weighted by atomic mass is 10.1. The Hall–Kier alpha value is -1.35. The maximum absolute atomic E-state index is 11.0. The number of rotatable bonds is 5. The van der Waals surface area contributed by atoms with Crippen molar-refractivity contribution in [1.29, 1.82) is 0 Å². The molecule has 3 heteroatoms. The van der Waals surface area contributed by atoms with Gasteiger partial charge in [0.15, 0.2) is 0 Å². The Labute approximate surface area is 104 Å². The van der Waals surface area contributed by atoms with Gasteiger partial charge in [0.25, 0.3) is 0 Å². The fourth-order valence-corrected chi connectivity index (χ4v) is 1.62. The summed E-state index contributed by atoms with van der Waals surface area (Å²) in [5.74, 6) is 0.598. The molecule has 0 aliphatic rings. The maximum atomic E-state index is 11.0. The lowest BCUT2D eigenvalue weighted by molar-refractivity contribution is -0.114. The van der Waals surface area contributed by atoms with Crippen molar-refractivity contribution in [3.8, 4) is 0 Å². The zero-order chi connectivity index (χ0) is 12.8. The summed E-state index contributed by atoms with van der Waals surface area (Å²) >= 11 is 0. The molecule has 0 heterocycles.